The number of benzene rings is 1. The van der Waals surface area contributed by atoms with Crippen LogP contribution >= 0.6 is 0 Å². The van der Waals surface area contributed by atoms with Gasteiger partial charge in [0.25, 0.3) is 0 Å². The van der Waals surface area contributed by atoms with Crippen LogP contribution in [0.3, 0.4) is 0 Å². The molecule has 1 aromatic carbocycles. The van der Waals surface area contributed by atoms with Crippen LogP contribution in [-0.4, -0.2) is 34.5 Å². The maximum absolute atomic E-state index is 13.2. The molecular formula is C14H20FN3O. The number of rotatable bonds is 3. The van der Waals surface area contributed by atoms with Gasteiger partial charge in [-0.05, 0) is 44.0 Å². The van der Waals surface area contributed by atoms with E-state index in [0.29, 0.717) is 18.7 Å². The predicted octanol–water partition coefficient (Wildman–Crippen LogP) is 1.46. The van der Waals surface area contributed by atoms with Crippen LogP contribution in [-0.2, 0) is 6.54 Å². The van der Waals surface area contributed by atoms with Gasteiger partial charge in [0.05, 0.1) is 5.60 Å². The van der Waals surface area contributed by atoms with E-state index in [9.17, 15) is 9.50 Å². The summed E-state index contributed by atoms with van der Waals surface area (Å²) in [7, 11) is 0. The Labute approximate surface area is 112 Å². The van der Waals surface area contributed by atoms with Crippen molar-refractivity contribution in [3.05, 3.63) is 35.1 Å². The molecule has 0 saturated carbocycles. The topological polar surface area (TPSA) is 73.3 Å². The van der Waals surface area contributed by atoms with Gasteiger partial charge in [0, 0.05) is 18.7 Å². The third-order valence-corrected chi connectivity index (χ3v) is 3.51. The van der Waals surface area contributed by atoms with Crippen LogP contribution in [0.5, 0.6) is 0 Å². The molecule has 2 rings (SSSR count). The van der Waals surface area contributed by atoms with Crippen LogP contribution in [0.2, 0.25) is 0 Å². The molecule has 4 nitrogen and oxygen atoms in total. The van der Waals surface area contributed by atoms with E-state index in [4.69, 9.17) is 11.1 Å². The first-order chi connectivity index (χ1) is 8.87. The summed E-state index contributed by atoms with van der Waals surface area (Å²) in [5.41, 5.74) is 6.08. The first kappa shape index (κ1) is 14.0. The highest BCUT2D eigenvalue weighted by atomic mass is 19.1. The normalized spacial score (nSPS) is 24.4. The molecule has 1 aliphatic rings. The van der Waals surface area contributed by atoms with Gasteiger partial charge in [0.1, 0.15) is 11.7 Å². The van der Waals surface area contributed by atoms with Crippen LogP contribution in [0.25, 0.3) is 0 Å². The minimum absolute atomic E-state index is 0.127. The Kier molecular flexibility index (Phi) is 3.87. The summed E-state index contributed by atoms with van der Waals surface area (Å²) in [6, 6.07) is 4.33. The maximum atomic E-state index is 13.2. The molecule has 5 heteroatoms. The molecule has 0 amide bonds. The van der Waals surface area contributed by atoms with Crippen molar-refractivity contribution in [3.63, 3.8) is 0 Å². The van der Waals surface area contributed by atoms with Crippen molar-refractivity contribution in [2.75, 3.05) is 13.1 Å². The maximum Gasteiger partial charge on any atom is 0.123 e. The zero-order chi connectivity index (χ0) is 14.0. The zero-order valence-corrected chi connectivity index (χ0v) is 11.1. The van der Waals surface area contributed by atoms with Crippen molar-refractivity contribution in [3.8, 4) is 0 Å². The summed E-state index contributed by atoms with van der Waals surface area (Å²) < 4.78 is 13.2. The highest BCUT2D eigenvalue weighted by Crippen LogP contribution is 2.23. The predicted molar refractivity (Wildman–Crippen MR) is 72.6 cm³/mol. The molecular weight excluding hydrogens is 245 g/mol. The number of nitrogen functional groups attached to an aromatic ring is 1. The van der Waals surface area contributed by atoms with Gasteiger partial charge in [-0.2, -0.15) is 0 Å². The summed E-state index contributed by atoms with van der Waals surface area (Å²) in [4.78, 5) is 2.11. The molecule has 0 radical (unpaired) electrons. The molecule has 0 aliphatic carbocycles. The fourth-order valence-corrected chi connectivity index (χ4v) is 2.64. The summed E-state index contributed by atoms with van der Waals surface area (Å²) in [6.45, 7) is 3.88. The number of nitrogens with two attached hydrogens (primary N) is 1. The third kappa shape index (κ3) is 3.52. The summed E-state index contributed by atoms with van der Waals surface area (Å²) in [6.07, 6.45) is 1.73. The Hall–Kier alpha value is -1.46. The van der Waals surface area contributed by atoms with Crippen molar-refractivity contribution >= 4 is 5.84 Å². The van der Waals surface area contributed by atoms with E-state index in [1.807, 2.05) is 6.92 Å². The highest BCUT2D eigenvalue weighted by Gasteiger charge is 2.28. The number of halogens is 1. The molecule has 104 valence electrons. The zero-order valence-electron chi connectivity index (χ0n) is 11.1. The van der Waals surface area contributed by atoms with E-state index in [1.165, 1.54) is 12.1 Å². The minimum atomic E-state index is -0.672. The molecule has 0 bridgehead atoms. The first-order valence-corrected chi connectivity index (χ1v) is 6.45. The van der Waals surface area contributed by atoms with E-state index >= 15 is 0 Å². The van der Waals surface area contributed by atoms with E-state index in [0.717, 1.165) is 24.9 Å². The molecule has 0 aromatic heterocycles. The van der Waals surface area contributed by atoms with E-state index < -0.39 is 5.60 Å². The Morgan fingerprint density at radius 3 is 2.95 bits per heavy atom. The second kappa shape index (κ2) is 5.27. The second-order valence-electron chi connectivity index (χ2n) is 5.53. The second-order valence-corrected chi connectivity index (χ2v) is 5.53. The van der Waals surface area contributed by atoms with E-state index in [2.05, 4.69) is 4.90 Å². The van der Waals surface area contributed by atoms with Crippen LogP contribution in [0, 0.1) is 11.2 Å². The van der Waals surface area contributed by atoms with Crippen molar-refractivity contribution in [2.45, 2.75) is 31.9 Å². The fraction of sp³-hybridized carbons (Fsp3) is 0.500. The number of likely N-dealkylation sites (tertiary alicyclic amines) is 1. The number of β-amino-alcohol motifs (C(OH)–C–C–N with tert-alkyl or cyclic N) is 1. The van der Waals surface area contributed by atoms with Crippen molar-refractivity contribution in [1.82, 2.24) is 4.90 Å². The number of hydrogen-bond donors (Lipinski definition) is 3. The number of piperidine rings is 1. The quantitative estimate of drug-likeness (QED) is 0.572. The summed E-state index contributed by atoms with van der Waals surface area (Å²) in [5.74, 6) is -0.516. The average molecular weight is 265 g/mol. The van der Waals surface area contributed by atoms with Gasteiger partial charge in [-0.3, -0.25) is 10.3 Å². The van der Waals surface area contributed by atoms with Gasteiger partial charge in [0.15, 0.2) is 0 Å². The van der Waals surface area contributed by atoms with Gasteiger partial charge in [-0.15, -0.1) is 0 Å². The van der Waals surface area contributed by atoms with Crippen molar-refractivity contribution in [2.24, 2.45) is 5.73 Å². The lowest BCUT2D eigenvalue weighted by Gasteiger charge is -2.37. The van der Waals surface area contributed by atoms with Crippen LogP contribution in [0.1, 0.15) is 30.9 Å². The molecule has 1 saturated heterocycles. The van der Waals surface area contributed by atoms with Crippen LogP contribution in [0.15, 0.2) is 18.2 Å². The molecule has 1 aliphatic heterocycles. The summed E-state index contributed by atoms with van der Waals surface area (Å²) in [5, 5.41) is 17.6. The van der Waals surface area contributed by atoms with E-state index in [-0.39, 0.29) is 11.7 Å². The fourth-order valence-electron chi connectivity index (χ4n) is 2.64. The Morgan fingerprint density at radius 1 is 1.58 bits per heavy atom. The average Bonchev–Trinajstić information content (AvgIpc) is 2.30. The lowest BCUT2D eigenvalue weighted by atomic mass is 9.94. The number of amidine groups is 1. The first-order valence-electron chi connectivity index (χ1n) is 6.45. The number of nitrogens with zero attached hydrogens (tertiary/aromatic N) is 1. The van der Waals surface area contributed by atoms with Crippen LogP contribution < -0.4 is 5.73 Å². The monoisotopic (exact) mass is 265 g/mol. The Balaban J connectivity index is 2.17. The lowest BCUT2D eigenvalue weighted by molar-refractivity contribution is -0.0181. The van der Waals surface area contributed by atoms with Gasteiger partial charge < -0.3 is 10.8 Å². The molecule has 1 unspecified atom stereocenters. The minimum Gasteiger partial charge on any atom is -0.389 e. The molecule has 1 fully saturated rings. The molecule has 1 aromatic rings. The number of nitrogens with one attached hydrogen (secondary N) is 1. The van der Waals surface area contributed by atoms with E-state index in [1.54, 1.807) is 6.07 Å². The highest BCUT2D eigenvalue weighted by molar-refractivity contribution is 5.96. The molecule has 19 heavy (non-hydrogen) atoms. The smallest absolute Gasteiger partial charge is 0.123 e. The van der Waals surface area contributed by atoms with Gasteiger partial charge >= 0.3 is 0 Å². The molecule has 1 heterocycles. The molecule has 4 N–H and O–H groups in total. The van der Waals surface area contributed by atoms with Gasteiger partial charge in [0.2, 0.25) is 0 Å². The van der Waals surface area contributed by atoms with Gasteiger partial charge in [-0.1, -0.05) is 6.07 Å². The number of hydrogen-bond acceptors (Lipinski definition) is 3. The van der Waals surface area contributed by atoms with Crippen molar-refractivity contribution < 1.29 is 9.50 Å². The van der Waals surface area contributed by atoms with Crippen LogP contribution in [0.4, 0.5) is 4.39 Å². The summed E-state index contributed by atoms with van der Waals surface area (Å²) >= 11 is 0. The Morgan fingerprint density at radius 2 is 2.32 bits per heavy atom. The van der Waals surface area contributed by atoms with Crippen molar-refractivity contribution in [1.29, 1.82) is 5.41 Å². The largest absolute Gasteiger partial charge is 0.389 e. The van der Waals surface area contributed by atoms with Gasteiger partial charge in [-0.25, -0.2) is 4.39 Å². The molecule has 1 atom stereocenters. The molecule has 0 spiro atoms. The SMILES string of the molecule is CC1(O)CCCN(Cc2ccc(F)cc2C(=N)N)C1. The number of aliphatic hydroxyl groups is 1. The third-order valence-electron chi connectivity index (χ3n) is 3.51. The lowest BCUT2D eigenvalue weighted by Crippen LogP contribution is -2.45. The Bertz CT molecular complexity index is 488. The standard InChI is InChI=1S/C14H20FN3O/c1-14(19)5-2-6-18(9-14)8-10-3-4-11(15)7-12(10)13(16)17/h3-4,7,19H,2,5-6,8-9H2,1H3,(H3,16,17).